The molecule has 0 aliphatic carbocycles. The van der Waals surface area contributed by atoms with Crippen LogP contribution in [0.4, 0.5) is 5.69 Å². The van der Waals surface area contributed by atoms with Crippen molar-refractivity contribution in [2.75, 3.05) is 27.2 Å². The summed E-state index contributed by atoms with van der Waals surface area (Å²) in [5.41, 5.74) is 0.568. The lowest BCUT2D eigenvalue weighted by Gasteiger charge is -2.12. The molecule has 6 heteroatoms. The van der Waals surface area contributed by atoms with Crippen LogP contribution in [0.25, 0.3) is 10.9 Å². The molecule has 0 atom stereocenters. The van der Waals surface area contributed by atoms with E-state index in [1.165, 1.54) is 6.07 Å². The standard InChI is InChI=1S/C13H15N3O3/c1-15(2)8-9-19-12-6-5-11(16(17)18)10-4-3-7-14-13(10)12/h3-7H,8-9H2,1-2H3. The van der Waals surface area contributed by atoms with Crippen molar-refractivity contribution in [3.63, 3.8) is 0 Å². The predicted molar refractivity (Wildman–Crippen MR) is 72.4 cm³/mol. The Morgan fingerprint density at radius 1 is 1.37 bits per heavy atom. The fraction of sp³-hybridized carbons (Fsp3) is 0.308. The summed E-state index contributed by atoms with van der Waals surface area (Å²) >= 11 is 0. The molecule has 0 N–H and O–H groups in total. The molecule has 2 rings (SSSR count). The van der Waals surface area contributed by atoms with Crippen LogP contribution in [0.2, 0.25) is 0 Å². The van der Waals surface area contributed by atoms with E-state index in [0.717, 1.165) is 6.54 Å². The van der Waals surface area contributed by atoms with Gasteiger partial charge in [0.05, 0.1) is 10.3 Å². The van der Waals surface area contributed by atoms with E-state index in [4.69, 9.17) is 4.74 Å². The molecule has 0 radical (unpaired) electrons. The zero-order chi connectivity index (χ0) is 13.8. The highest BCUT2D eigenvalue weighted by molar-refractivity contribution is 5.92. The van der Waals surface area contributed by atoms with Gasteiger partial charge in [0, 0.05) is 18.8 Å². The van der Waals surface area contributed by atoms with Crippen molar-refractivity contribution in [3.8, 4) is 5.75 Å². The number of ether oxygens (including phenoxy) is 1. The Labute approximate surface area is 110 Å². The van der Waals surface area contributed by atoms with Crippen molar-refractivity contribution in [3.05, 3.63) is 40.6 Å². The van der Waals surface area contributed by atoms with E-state index >= 15 is 0 Å². The Kier molecular flexibility index (Phi) is 3.91. The minimum atomic E-state index is -0.409. The molecule has 0 amide bonds. The molecular weight excluding hydrogens is 246 g/mol. The van der Waals surface area contributed by atoms with Crippen LogP contribution in [0.5, 0.6) is 5.75 Å². The van der Waals surface area contributed by atoms with Gasteiger partial charge in [-0.25, -0.2) is 0 Å². The third-order valence-corrected chi connectivity index (χ3v) is 2.70. The maximum atomic E-state index is 11.0. The summed E-state index contributed by atoms with van der Waals surface area (Å²) in [7, 11) is 3.91. The van der Waals surface area contributed by atoms with E-state index in [2.05, 4.69) is 4.98 Å². The fourth-order valence-corrected chi connectivity index (χ4v) is 1.75. The van der Waals surface area contributed by atoms with Crippen LogP contribution >= 0.6 is 0 Å². The number of likely N-dealkylation sites (N-methyl/N-ethyl adjacent to an activating group) is 1. The number of benzene rings is 1. The van der Waals surface area contributed by atoms with Crippen LogP contribution in [0, 0.1) is 10.1 Å². The van der Waals surface area contributed by atoms with E-state index in [1.54, 1.807) is 24.4 Å². The molecule has 19 heavy (non-hydrogen) atoms. The summed E-state index contributed by atoms with van der Waals surface area (Å²) in [6.07, 6.45) is 1.60. The second kappa shape index (κ2) is 5.62. The topological polar surface area (TPSA) is 68.5 Å². The summed E-state index contributed by atoms with van der Waals surface area (Å²) < 4.78 is 5.64. The monoisotopic (exact) mass is 261 g/mol. The van der Waals surface area contributed by atoms with Gasteiger partial charge >= 0.3 is 0 Å². The molecule has 0 spiro atoms. The fourth-order valence-electron chi connectivity index (χ4n) is 1.75. The molecule has 2 aromatic rings. The van der Waals surface area contributed by atoms with E-state index in [0.29, 0.717) is 23.3 Å². The summed E-state index contributed by atoms with van der Waals surface area (Å²) in [6, 6.07) is 6.41. The second-order valence-corrected chi connectivity index (χ2v) is 4.39. The summed E-state index contributed by atoms with van der Waals surface area (Å²) in [6.45, 7) is 1.28. The van der Waals surface area contributed by atoms with Gasteiger partial charge in [0.1, 0.15) is 17.9 Å². The number of rotatable bonds is 5. The molecule has 0 saturated carbocycles. The number of nitro benzene ring substituents is 1. The van der Waals surface area contributed by atoms with Crippen molar-refractivity contribution in [2.45, 2.75) is 0 Å². The summed E-state index contributed by atoms with van der Waals surface area (Å²) in [5.74, 6) is 0.572. The largest absolute Gasteiger partial charge is 0.490 e. The first-order valence-electron chi connectivity index (χ1n) is 5.89. The van der Waals surface area contributed by atoms with Gasteiger partial charge in [-0.2, -0.15) is 0 Å². The third-order valence-electron chi connectivity index (χ3n) is 2.70. The number of fused-ring (bicyclic) bond motifs is 1. The molecule has 1 heterocycles. The maximum absolute atomic E-state index is 11.0. The number of hydrogen-bond donors (Lipinski definition) is 0. The number of aromatic nitrogens is 1. The molecule has 1 aromatic carbocycles. The van der Waals surface area contributed by atoms with Crippen LogP contribution in [0.3, 0.4) is 0 Å². The van der Waals surface area contributed by atoms with Crippen molar-refractivity contribution < 1.29 is 9.66 Å². The molecule has 0 unspecified atom stereocenters. The summed E-state index contributed by atoms with van der Waals surface area (Å²) in [5, 5.41) is 11.5. The molecule has 6 nitrogen and oxygen atoms in total. The zero-order valence-electron chi connectivity index (χ0n) is 10.9. The molecule has 1 aromatic heterocycles. The molecule has 0 saturated heterocycles. The minimum absolute atomic E-state index is 0.0445. The first-order valence-corrected chi connectivity index (χ1v) is 5.89. The zero-order valence-corrected chi connectivity index (χ0v) is 10.9. The highest BCUT2D eigenvalue weighted by Gasteiger charge is 2.15. The smallest absolute Gasteiger partial charge is 0.279 e. The van der Waals surface area contributed by atoms with Crippen LogP contribution in [0.1, 0.15) is 0 Å². The number of nitro groups is 1. The molecule has 0 aliphatic heterocycles. The van der Waals surface area contributed by atoms with Crippen molar-refractivity contribution in [1.29, 1.82) is 0 Å². The second-order valence-electron chi connectivity index (χ2n) is 4.39. The lowest BCUT2D eigenvalue weighted by molar-refractivity contribution is -0.383. The number of pyridine rings is 1. The minimum Gasteiger partial charge on any atom is -0.490 e. The van der Waals surface area contributed by atoms with Crippen LogP contribution in [-0.4, -0.2) is 42.1 Å². The molecule has 100 valence electrons. The van der Waals surface area contributed by atoms with Crippen LogP contribution in [0.15, 0.2) is 30.5 Å². The predicted octanol–water partition coefficient (Wildman–Crippen LogP) is 2.08. The van der Waals surface area contributed by atoms with Gasteiger partial charge in [0.25, 0.3) is 5.69 Å². The number of hydrogen-bond acceptors (Lipinski definition) is 5. The lowest BCUT2D eigenvalue weighted by Crippen LogP contribution is -2.19. The normalized spacial score (nSPS) is 10.9. The average Bonchev–Trinajstić information content (AvgIpc) is 2.38. The first-order chi connectivity index (χ1) is 9.09. The first kappa shape index (κ1) is 13.2. The lowest BCUT2D eigenvalue weighted by atomic mass is 10.1. The quantitative estimate of drug-likeness (QED) is 0.609. The van der Waals surface area contributed by atoms with Gasteiger partial charge < -0.3 is 9.64 Å². The average molecular weight is 261 g/mol. The molecule has 0 bridgehead atoms. The Bertz CT molecular complexity index is 599. The SMILES string of the molecule is CN(C)CCOc1ccc([N+](=O)[O-])c2cccnc12. The molecule has 0 fully saturated rings. The van der Waals surface area contributed by atoms with Gasteiger partial charge in [0.15, 0.2) is 0 Å². The van der Waals surface area contributed by atoms with Gasteiger partial charge in [-0.15, -0.1) is 0 Å². The van der Waals surface area contributed by atoms with Gasteiger partial charge in [-0.3, -0.25) is 15.1 Å². The van der Waals surface area contributed by atoms with Gasteiger partial charge in [0.2, 0.25) is 0 Å². The van der Waals surface area contributed by atoms with Crippen LogP contribution in [-0.2, 0) is 0 Å². The van der Waals surface area contributed by atoms with Crippen molar-refractivity contribution >= 4 is 16.6 Å². The van der Waals surface area contributed by atoms with E-state index in [-0.39, 0.29) is 5.69 Å². The van der Waals surface area contributed by atoms with Crippen molar-refractivity contribution in [1.82, 2.24) is 9.88 Å². The Morgan fingerprint density at radius 2 is 2.16 bits per heavy atom. The van der Waals surface area contributed by atoms with Crippen molar-refractivity contribution in [2.24, 2.45) is 0 Å². The highest BCUT2D eigenvalue weighted by atomic mass is 16.6. The molecular formula is C13H15N3O3. The van der Waals surface area contributed by atoms with E-state index in [1.807, 2.05) is 19.0 Å². The summed E-state index contributed by atoms with van der Waals surface area (Å²) in [4.78, 5) is 16.7. The third kappa shape index (κ3) is 2.97. The highest BCUT2D eigenvalue weighted by Crippen LogP contribution is 2.31. The van der Waals surface area contributed by atoms with E-state index < -0.39 is 4.92 Å². The maximum Gasteiger partial charge on any atom is 0.279 e. The Balaban J connectivity index is 2.36. The number of nitrogens with zero attached hydrogens (tertiary/aromatic N) is 3. The Morgan fingerprint density at radius 3 is 2.84 bits per heavy atom. The van der Waals surface area contributed by atoms with E-state index in [9.17, 15) is 10.1 Å². The Hall–Kier alpha value is -2.21. The van der Waals surface area contributed by atoms with Gasteiger partial charge in [-0.1, -0.05) is 0 Å². The number of non-ortho nitro benzene ring substituents is 1. The van der Waals surface area contributed by atoms with Crippen LogP contribution < -0.4 is 4.74 Å². The van der Waals surface area contributed by atoms with Gasteiger partial charge in [-0.05, 0) is 32.3 Å². The molecule has 0 aliphatic rings.